The van der Waals surface area contributed by atoms with Crippen LogP contribution in [0, 0.1) is 0 Å². The number of nitrogens with zero attached hydrogens (tertiary/aromatic N) is 3. The number of carbonyl (C=O) groups excluding carboxylic acids is 1. The first-order chi connectivity index (χ1) is 9.83. The molecule has 0 saturated carbocycles. The minimum absolute atomic E-state index is 0.194. The van der Waals surface area contributed by atoms with E-state index >= 15 is 0 Å². The third kappa shape index (κ3) is 2.72. The van der Waals surface area contributed by atoms with Crippen molar-refractivity contribution in [2.75, 3.05) is 0 Å². The Bertz CT molecular complexity index is 694. The Morgan fingerprint density at radius 1 is 1.25 bits per heavy atom. The van der Waals surface area contributed by atoms with Gasteiger partial charge < -0.3 is 9.73 Å². The zero-order chi connectivity index (χ0) is 13.8. The summed E-state index contributed by atoms with van der Waals surface area (Å²) in [7, 11) is 0. The maximum Gasteiger partial charge on any atom is 0.257 e. The second-order valence-electron chi connectivity index (χ2n) is 3.90. The van der Waals surface area contributed by atoms with Crippen LogP contribution in [0.4, 0.5) is 0 Å². The molecular weight excluding hydrogens is 276 g/mol. The van der Waals surface area contributed by atoms with Crippen LogP contribution < -0.4 is 5.32 Å². The monoisotopic (exact) mass is 286 g/mol. The number of aromatic nitrogens is 3. The Kier molecular flexibility index (Phi) is 3.51. The smallest absolute Gasteiger partial charge is 0.257 e. The van der Waals surface area contributed by atoms with E-state index in [4.69, 9.17) is 4.42 Å². The highest BCUT2D eigenvalue weighted by atomic mass is 32.1. The van der Waals surface area contributed by atoms with Gasteiger partial charge in [-0.15, -0.1) is 21.5 Å². The average molecular weight is 286 g/mol. The van der Waals surface area contributed by atoms with E-state index < -0.39 is 0 Å². The van der Waals surface area contributed by atoms with E-state index in [-0.39, 0.29) is 12.5 Å². The summed E-state index contributed by atoms with van der Waals surface area (Å²) in [6.45, 7) is 0.194. The number of carbonyl (C=O) groups is 1. The van der Waals surface area contributed by atoms with E-state index in [0.717, 1.165) is 4.88 Å². The summed E-state index contributed by atoms with van der Waals surface area (Å²) < 4.78 is 5.48. The van der Waals surface area contributed by atoms with Crippen LogP contribution in [0.2, 0.25) is 0 Å². The SMILES string of the molecule is O=C(NCc1nnc(-c2cccs2)o1)c1ccncc1. The van der Waals surface area contributed by atoms with Crippen molar-refractivity contribution in [1.29, 1.82) is 0 Å². The van der Waals surface area contributed by atoms with Gasteiger partial charge in [0, 0.05) is 18.0 Å². The average Bonchev–Trinajstić information content (AvgIpc) is 3.16. The van der Waals surface area contributed by atoms with Crippen molar-refractivity contribution in [3.05, 3.63) is 53.5 Å². The molecule has 0 atom stereocenters. The lowest BCUT2D eigenvalue weighted by Gasteiger charge is -2.01. The summed E-state index contributed by atoms with van der Waals surface area (Å²) in [5.41, 5.74) is 0.540. The van der Waals surface area contributed by atoms with Crippen LogP contribution in [-0.4, -0.2) is 21.1 Å². The minimum atomic E-state index is -0.205. The first-order valence-corrected chi connectivity index (χ1v) is 6.75. The van der Waals surface area contributed by atoms with Crippen molar-refractivity contribution in [3.63, 3.8) is 0 Å². The molecule has 0 radical (unpaired) electrons. The van der Waals surface area contributed by atoms with Gasteiger partial charge >= 0.3 is 0 Å². The molecule has 3 rings (SSSR count). The second-order valence-corrected chi connectivity index (χ2v) is 4.84. The Labute approximate surface area is 118 Å². The van der Waals surface area contributed by atoms with E-state index in [9.17, 15) is 4.79 Å². The van der Waals surface area contributed by atoms with E-state index in [1.807, 2.05) is 17.5 Å². The normalized spacial score (nSPS) is 10.4. The van der Waals surface area contributed by atoms with Gasteiger partial charge in [-0.1, -0.05) is 6.07 Å². The number of hydrogen-bond acceptors (Lipinski definition) is 6. The Balaban J connectivity index is 1.63. The van der Waals surface area contributed by atoms with Crippen LogP contribution in [-0.2, 0) is 6.54 Å². The molecular formula is C13H10N4O2S. The van der Waals surface area contributed by atoms with Crippen molar-refractivity contribution in [2.45, 2.75) is 6.54 Å². The molecule has 0 unspecified atom stereocenters. The Morgan fingerprint density at radius 3 is 2.85 bits per heavy atom. The number of hydrogen-bond donors (Lipinski definition) is 1. The summed E-state index contributed by atoms with van der Waals surface area (Å²) in [6.07, 6.45) is 3.13. The topological polar surface area (TPSA) is 80.9 Å². The third-order valence-electron chi connectivity index (χ3n) is 2.54. The van der Waals surface area contributed by atoms with E-state index in [2.05, 4.69) is 20.5 Å². The zero-order valence-electron chi connectivity index (χ0n) is 10.3. The van der Waals surface area contributed by atoms with Crippen LogP contribution in [0.1, 0.15) is 16.2 Å². The highest BCUT2D eigenvalue weighted by molar-refractivity contribution is 7.13. The standard InChI is InChI=1S/C13H10N4O2S/c18-12(9-3-5-14-6-4-9)15-8-11-16-17-13(19-11)10-2-1-7-20-10/h1-7H,8H2,(H,15,18). The predicted octanol–water partition coefficient (Wildman–Crippen LogP) is 2.12. The van der Waals surface area contributed by atoms with Gasteiger partial charge in [-0.05, 0) is 23.6 Å². The molecule has 0 fully saturated rings. The number of nitrogens with one attached hydrogen (secondary N) is 1. The van der Waals surface area contributed by atoms with E-state index in [1.54, 1.807) is 24.5 Å². The van der Waals surface area contributed by atoms with Crippen molar-refractivity contribution < 1.29 is 9.21 Å². The van der Waals surface area contributed by atoms with Gasteiger partial charge in [0.15, 0.2) is 0 Å². The molecule has 0 aromatic carbocycles. The summed E-state index contributed by atoms with van der Waals surface area (Å²) in [4.78, 5) is 16.6. The fraction of sp³-hybridized carbons (Fsp3) is 0.0769. The minimum Gasteiger partial charge on any atom is -0.418 e. The number of amides is 1. The van der Waals surface area contributed by atoms with Gasteiger partial charge in [0.2, 0.25) is 5.89 Å². The molecule has 0 aliphatic heterocycles. The van der Waals surface area contributed by atoms with E-state index in [0.29, 0.717) is 17.3 Å². The maximum absolute atomic E-state index is 11.8. The highest BCUT2D eigenvalue weighted by Gasteiger charge is 2.11. The van der Waals surface area contributed by atoms with Crippen molar-refractivity contribution in [2.24, 2.45) is 0 Å². The fourth-order valence-corrected chi connectivity index (χ4v) is 2.23. The number of thiophene rings is 1. The largest absolute Gasteiger partial charge is 0.418 e. The van der Waals surface area contributed by atoms with Crippen LogP contribution in [0.3, 0.4) is 0 Å². The molecule has 7 heteroatoms. The molecule has 20 heavy (non-hydrogen) atoms. The molecule has 1 amide bonds. The number of pyridine rings is 1. The van der Waals surface area contributed by atoms with Gasteiger partial charge in [-0.25, -0.2) is 0 Å². The Morgan fingerprint density at radius 2 is 2.10 bits per heavy atom. The summed E-state index contributed by atoms with van der Waals surface area (Å²) in [5.74, 6) is 0.632. The lowest BCUT2D eigenvalue weighted by Crippen LogP contribution is -2.22. The molecule has 100 valence electrons. The molecule has 6 nitrogen and oxygen atoms in total. The van der Waals surface area contributed by atoms with Crippen LogP contribution in [0.15, 0.2) is 46.5 Å². The van der Waals surface area contributed by atoms with Gasteiger partial charge in [-0.2, -0.15) is 0 Å². The quantitative estimate of drug-likeness (QED) is 0.794. The molecule has 0 aliphatic rings. The predicted molar refractivity (Wildman–Crippen MR) is 73.0 cm³/mol. The highest BCUT2D eigenvalue weighted by Crippen LogP contribution is 2.22. The van der Waals surface area contributed by atoms with E-state index in [1.165, 1.54) is 11.3 Å². The molecule has 0 bridgehead atoms. The summed E-state index contributed by atoms with van der Waals surface area (Å²) in [5, 5.41) is 12.5. The van der Waals surface area contributed by atoms with Gasteiger partial charge in [0.25, 0.3) is 11.8 Å². The second kappa shape index (κ2) is 5.62. The Hall–Kier alpha value is -2.54. The zero-order valence-corrected chi connectivity index (χ0v) is 11.1. The molecule has 3 aromatic rings. The van der Waals surface area contributed by atoms with Crippen molar-refractivity contribution in [1.82, 2.24) is 20.5 Å². The molecule has 3 aromatic heterocycles. The van der Waals surface area contributed by atoms with Crippen LogP contribution >= 0.6 is 11.3 Å². The third-order valence-corrected chi connectivity index (χ3v) is 3.40. The molecule has 0 saturated heterocycles. The lowest BCUT2D eigenvalue weighted by atomic mass is 10.2. The molecule has 0 aliphatic carbocycles. The number of rotatable bonds is 4. The van der Waals surface area contributed by atoms with Gasteiger partial charge in [-0.3, -0.25) is 9.78 Å². The summed E-state index contributed by atoms with van der Waals surface area (Å²) in [6, 6.07) is 7.09. The summed E-state index contributed by atoms with van der Waals surface area (Å²) >= 11 is 1.52. The van der Waals surface area contributed by atoms with Crippen molar-refractivity contribution >= 4 is 17.2 Å². The van der Waals surface area contributed by atoms with Gasteiger partial charge in [0.1, 0.15) is 0 Å². The first-order valence-electron chi connectivity index (χ1n) is 5.87. The first kappa shape index (κ1) is 12.5. The maximum atomic E-state index is 11.8. The molecule has 0 spiro atoms. The lowest BCUT2D eigenvalue weighted by molar-refractivity contribution is 0.0947. The van der Waals surface area contributed by atoms with Gasteiger partial charge in [0.05, 0.1) is 11.4 Å². The van der Waals surface area contributed by atoms with Crippen molar-refractivity contribution in [3.8, 4) is 10.8 Å². The van der Waals surface area contributed by atoms with Crippen LogP contribution in [0.5, 0.6) is 0 Å². The molecule has 1 N–H and O–H groups in total. The van der Waals surface area contributed by atoms with Crippen LogP contribution in [0.25, 0.3) is 10.8 Å². The molecule has 3 heterocycles. The fourth-order valence-electron chi connectivity index (χ4n) is 1.59.